The summed E-state index contributed by atoms with van der Waals surface area (Å²) < 4.78 is 5.26. The molecule has 1 saturated carbocycles. The van der Waals surface area contributed by atoms with Crippen LogP contribution in [0.5, 0.6) is 5.75 Å². The fourth-order valence-corrected chi connectivity index (χ4v) is 3.75. The predicted molar refractivity (Wildman–Crippen MR) is 108 cm³/mol. The molecule has 0 spiro atoms. The van der Waals surface area contributed by atoms with Crippen LogP contribution in [0, 0.1) is 5.92 Å². The van der Waals surface area contributed by atoms with E-state index in [-0.39, 0.29) is 23.3 Å². The zero-order chi connectivity index (χ0) is 19.4. The number of likely N-dealkylation sites (tertiary alicyclic amines) is 1. The summed E-state index contributed by atoms with van der Waals surface area (Å²) in [6.45, 7) is 6.35. The van der Waals surface area contributed by atoms with Crippen molar-refractivity contribution in [2.75, 3.05) is 33.8 Å². The van der Waals surface area contributed by atoms with Crippen LogP contribution in [0.4, 0.5) is 0 Å². The van der Waals surface area contributed by atoms with Crippen LogP contribution in [0.2, 0.25) is 0 Å². The SMILES string of the molecule is CN=C(NCC1(c2ccc(OC)cc2)CC1)NC1CCN(C(=O)C(C)C)C1. The van der Waals surface area contributed by atoms with Crippen molar-refractivity contribution in [2.45, 2.75) is 44.6 Å². The molecule has 1 heterocycles. The summed E-state index contributed by atoms with van der Waals surface area (Å²) >= 11 is 0. The highest BCUT2D eigenvalue weighted by molar-refractivity contribution is 5.81. The summed E-state index contributed by atoms with van der Waals surface area (Å²) in [7, 11) is 3.49. The molecule has 2 N–H and O–H groups in total. The molecule has 2 fully saturated rings. The van der Waals surface area contributed by atoms with E-state index in [1.54, 1.807) is 14.2 Å². The van der Waals surface area contributed by atoms with Crippen molar-refractivity contribution < 1.29 is 9.53 Å². The molecular weight excluding hydrogens is 340 g/mol. The molecule has 1 amide bonds. The molecule has 0 radical (unpaired) electrons. The van der Waals surface area contributed by atoms with Crippen LogP contribution >= 0.6 is 0 Å². The highest BCUT2D eigenvalue weighted by atomic mass is 16.5. The van der Waals surface area contributed by atoms with Gasteiger partial charge in [-0.2, -0.15) is 0 Å². The molecule has 2 aliphatic rings. The third-order valence-electron chi connectivity index (χ3n) is 5.71. The van der Waals surface area contributed by atoms with Crippen molar-refractivity contribution in [1.29, 1.82) is 0 Å². The maximum absolute atomic E-state index is 12.2. The Balaban J connectivity index is 1.52. The molecule has 6 nitrogen and oxygen atoms in total. The maximum atomic E-state index is 12.2. The minimum Gasteiger partial charge on any atom is -0.497 e. The quantitative estimate of drug-likeness (QED) is 0.593. The molecular formula is C21H32N4O2. The van der Waals surface area contributed by atoms with E-state index in [4.69, 9.17) is 4.74 Å². The minimum absolute atomic E-state index is 0.0559. The largest absolute Gasteiger partial charge is 0.497 e. The van der Waals surface area contributed by atoms with Gasteiger partial charge in [-0.3, -0.25) is 9.79 Å². The van der Waals surface area contributed by atoms with Crippen molar-refractivity contribution in [3.05, 3.63) is 29.8 Å². The van der Waals surface area contributed by atoms with Crippen molar-refractivity contribution in [3.8, 4) is 5.75 Å². The van der Waals surface area contributed by atoms with Gasteiger partial charge in [0.15, 0.2) is 5.96 Å². The number of methoxy groups -OCH3 is 1. The topological polar surface area (TPSA) is 66.0 Å². The average molecular weight is 373 g/mol. The number of hydrogen-bond acceptors (Lipinski definition) is 3. The molecule has 1 atom stereocenters. The highest BCUT2D eigenvalue weighted by Gasteiger charge is 2.44. The van der Waals surface area contributed by atoms with Crippen LogP contribution in [-0.2, 0) is 10.2 Å². The zero-order valence-corrected chi connectivity index (χ0v) is 16.9. The van der Waals surface area contributed by atoms with Gasteiger partial charge in [-0.05, 0) is 37.0 Å². The molecule has 1 unspecified atom stereocenters. The number of aliphatic imine (C=N–C) groups is 1. The molecule has 27 heavy (non-hydrogen) atoms. The first-order chi connectivity index (χ1) is 13.0. The summed E-state index contributed by atoms with van der Waals surface area (Å²) in [5.74, 6) is 2.00. The van der Waals surface area contributed by atoms with E-state index in [1.807, 2.05) is 30.9 Å². The number of amides is 1. The second-order valence-electron chi connectivity index (χ2n) is 8.00. The number of hydrogen-bond donors (Lipinski definition) is 2. The lowest BCUT2D eigenvalue weighted by molar-refractivity contribution is -0.133. The van der Waals surface area contributed by atoms with E-state index >= 15 is 0 Å². The number of benzene rings is 1. The highest BCUT2D eigenvalue weighted by Crippen LogP contribution is 2.47. The van der Waals surface area contributed by atoms with Crippen LogP contribution in [0.25, 0.3) is 0 Å². The van der Waals surface area contributed by atoms with Gasteiger partial charge in [0.1, 0.15) is 5.75 Å². The molecule has 1 aromatic carbocycles. The molecule has 1 aliphatic carbocycles. The van der Waals surface area contributed by atoms with E-state index in [2.05, 4.69) is 27.8 Å². The van der Waals surface area contributed by atoms with E-state index < -0.39 is 0 Å². The molecule has 6 heteroatoms. The summed E-state index contributed by atoms with van der Waals surface area (Å²) in [5, 5.41) is 6.98. The van der Waals surface area contributed by atoms with Crippen molar-refractivity contribution in [2.24, 2.45) is 10.9 Å². The third kappa shape index (κ3) is 4.54. The van der Waals surface area contributed by atoms with Crippen molar-refractivity contribution in [3.63, 3.8) is 0 Å². The van der Waals surface area contributed by atoms with Crippen molar-refractivity contribution in [1.82, 2.24) is 15.5 Å². The number of carbonyl (C=O) groups is 1. The number of ether oxygens (including phenoxy) is 1. The minimum atomic E-state index is 0.0559. The molecule has 1 aliphatic heterocycles. The summed E-state index contributed by atoms with van der Waals surface area (Å²) in [4.78, 5) is 18.5. The standard InChI is InChI=1S/C21H32N4O2/c1-15(2)19(26)25-12-9-17(13-25)24-20(22-3)23-14-21(10-11-21)16-5-7-18(27-4)8-6-16/h5-8,15,17H,9-14H2,1-4H3,(H2,22,23,24). The van der Waals surface area contributed by atoms with Gasteiger partial charge in [0, 0.05) is 44.1 Å². The Bertz CT molecular complexity index is 680. The Morgan fingerprint density at radius 2 is 2.04 bits per heavy atom. The third-order valence-corrected chi connectivity index (χ3v) is 5.71. The Labute approximate surface area is 162 Å². The molecule has 1 saturated heterocycles. The van der Waals surface area contributed by atoms with Gasteiger partial charge in [0.2, 0.25) is 5.91 Å². The van der Waals surface area contributed by atoms with Gasteiger partial charge in [-0.15, -0.1) is 0 Å². The van der Waals surface area contributed by atoms with Crippen LogP contribution in [0.3, 0.4) is 0 Å². The lowest BCUT2D eigenvalue weighted by Gasteiger charge is -2.22. The lowest BCUT2D eigenvalue weighted by Crippen LogP contribution is -2.47. The van der Waals surface area contributed by atoms with Gasteiger partial charge in [-0.1, -0.05) is 26.0 Å². The van der Waals surface area contributed by atoms with Gasteiger partial charge in [-0.25, -0.2) is 0 Å². The summed E-state index contributed by atoms with van der Waals surface area (Å²) in [5.41, 5.74) is 1.54. The summed E-state index contributed by atoms with van der Waals surface area (Å²) in [6.07, 6.45) is 3.33. The number of guanidine groups is 1. The second-order valence-corrected chi connectivity index (χ2v) is 8.00. The van der Waals surface area contributed by atoms with E-state index in [1.165, 1.54) is 18.4 Å². The fraction of sp³-hybridized carbons (Fsp3) is 0.619. The average Bonchev–Trinajstić information content (AvgIpc) is 3.34. The smallest absolute Gasteiger partial charge is 0.225 e. The lowest BCUT2D eigenvalue weighted by atomic mass is 9.96. The number of carbonyl (C=O) groups excluding carboxylic acids is 1. The first kappa shape index (κ1) is 19.5. The van der Waals surface area contributed by atoms with E-state index in [0.29, 0.717) is 0 Å². The van der Waals surface area contributed by atoms with Gasteiger partial charge in [0.25, 0.3) is 0 Å². The molecule has 148 valence electrons. The molecule has 3 rings (SSSR count). The molecule has 1 aromatic rings. The zero-order valence-electron chi connectivity index (χ0n) is 16.9. The van der Waals surface area contributed by atoms with Crippen molar-refractivity contribution >= 4 is 11.9 Å². The maximum Gasteiger partial charge on any atom is 0.225 e. The van der Waals surface area contributed by atoms with Gasteiger partial charge < -0.3 is 20.3 Å². The monoisotopic (exact) mass is 372 g/mol. The van der Waals surface area contributed by atoms with Crippen LogP contribution in [0.15, 0.2) is 29.3 Å². The van der Waals surface area contributed by atoms with Crippen LogP contribution in [0.1, 0.15) is 38.7 Å². The van der Waals surface area contributed by atoms with Gasteiger partial charge in [0.05, 0.1) is 7.11 Å². The normalized spacial score (nSPS) is 21.3. The first-order valence-electron chi connectivity index (χ1n) is 9.88. The summed E-state index contributed by atoms with van der Waals surface area (Å²) in [6, 6.07) is 8.64. The molecule has 0 aromatic heterocycles. The molecule has 0 bridgehead atoms. The number of rotatable bonds is 6. The second kappa shape index (κ2) is 8.19. The van der Waals surface area contributed by atoms with E-state index in [9.17, 15) is 4.79 Å². The van der Waals surface area contributed by atoms with Crippen LogP contribution in [-0.4, -0.2) is 56.6 Å². The first-order valence-corrected chi connectivity index (χ1v) is 9.88. The Hall–Kier alpha value is -2.24. The Morgan fingerprint density at radius 1 is 1.33 bits per heavy atom. The number of nitrogens with one attached hydrogen (secondary N) is 2. The van der Waals surface area contributed by atoms with Gasteiger partial charge >= 0.3 is 0 Å². The van der Waals surface area contributed by atoms with E-state index in [0.717, 1.165) is 37.8 Å². The predicted octanol–water partition coefficient (Wildman–Crippen LogP) is 2.15. The Kier molecular flexibility index (Phi) is 5.92. The number of nitrogens with zero attached hydrogens (tertiary/aromatic N) is 2. The fourth-order valence-electron chi connectivity index (χ4n) is 3.75. The van der Waals surface area contributed by atoms with Crippen LogP contribution < -0.4 is 15.4 Å². The Morgan fingerprint density at radius 3 is 2.59 bits per heavy atom.